The summed E-state index contributed by atoms with van der Waals surface area (Å²) in [4.78, 5) is 39.3. The average Bonchev–Trinajstić information content (AvgIpc) is 3.21. The lowest BCUT2D eigenvalue weighted by Crippen LogP contribution is -2.51. The van der Waals surface area contributed by atoms with Gasteiger partial charge in [-0.05, 0) is 30.3 Å². The molecule has 0 aliphatic carbocycles. The van der Waals surface area contributed by atoms with E-state index in [0.717, 1.165) is 0 Å². The van der Waals surface area contributed by atoms with Crippen molar-refractivity contribution in [2.75, 3.05) is 32.8 Å². The Labute approximate surface area is 160 Å². The second kappa shape index (κ2) is 8.13. The zero-order valence-corrected chi connectivity index (χ0v) is 15.1. The van der Waals surface area contributed by atoms with Crippen LogP contribution in [-0.2, 0) is 4.79 Å². The summed E-state index contributed by atoms with van der Waals surface area (Å²) in [6, 6.07) is 7.70. The van der Waals surface area contributed by atoms with Gasteiger partial charge in [-0.3, -0.25) is 14.4 Å². The topological polar surface area (TPSA) is 106 Å². The largest absolute Gasteiger partial charge is 0.483 e. The Morgan fingerprint density at radius 2 is 1.81 bits per heavy atom. The van der Waals surface area contributed by atoms with Crippen LogP contribution in [0.5, 0.6) is 5.75 Å². The van der Waals surface area contributed by atoms with Gasteiger partial charge in [-0.1, -0.05) is 11.6 Å². The molecule has 3 rings (SSSR count). The van der Waals surface area contributed by atoms with Crippen LogP contribution in [0.1, 0.15) is 20.9 Å². The van der Waals surface area contributed by atoms with Crippen molar-refractivity contribution in [3.8, 4) is 5.75 Å². The molecule has 2 aromatic rings. The molecule has 1 aliphatic rings. The molecule has 142 valence electrons. The monoisotopic (exact) mass is 391 g/mol. The third-order valence-electron chi connectivity index (χ3n) is 4.21. The van der Waals surface area contributed by atoms with Gasteiger partial charge in [-0.15, -0.1) is 0 Å². The Hall–Kier alpha value is -3.00. The van der Waals surface area contributed by atoms with Crippen molar-refractivity contribution in [2.24, 2.45) is 5.73 Å². The number of ether oxygens (including phenoxy) is 1. The minimum Gasteiger partial charge on any atom is -0.483 e. The molecule has 1 saturated heterocycles. The Balaban J connectivity index is 1.53. The molecule has 1 aromatic carbocycles. The SMILES string of the molecule is NC(=O)c1cc(Cl)ccc1OCC(=O)N1CCN(C(=O)c2ccco2)CC1. The number of hydrogen-bond acceptors (Lipinski definition) is 5. The number of halogens is 1. The fourth-order valence-corrected chi connectivity index (χ4v) is 2.94. The first-order chi connectivity index (χ1) is 13.0. The van der Waals surface area contributed by atoms with Crippen LogP contribution in [0.3, 0.4) is 0 Å². The van der Waals surface area contributed by atoms with Crippen LogP contribution in [0.25, 0.3) is 0 Å². The van der Waals surface area contributed by atoms with Crippen molar-refractivity contribution in [3.05, 3.63) is 52.9 Å². The molecular formula is C18H18ClN3O5. The Morgan fingerprint density at radius 3 is 2.44 bits per heavy atom. The number of amides is 3. The van der Waals surface area contributed by atoms with E-state index in [1.807, 2.05) is 0 Å². The first-order valence-electron chi connectivity index (χ1n) is 8.28. The summed E-state index contributed by atoms with van der Waals surface area (Å²) in [6.07, 6.45) is 1.45. The second-order valence-corrected chi connectivity index (χ2v) is 6.38. The van der Waals surface area contributed by atoms with Crippen LogP contribution in [-0.4, -0.2) is 60.3 Å². The van der Waals surface area contributed by atoms with Crippen LogP contribution in [0, 0.1) is 0 Å². The lowest BCUT2D eigenvalue weighted by Gasteiger charge is -2.34. The quantitative estimate of drug-likeness (QED) is 0.829. The molecule has 1 aliphatic heterocycles. The van der Waals surface area contributed by atoms with Crippen LogP contribution < -0.4 is 10.5 Å². The number of hydrogen-bond donors (Lipinski definition) is 1. The van der Waals surface area contributed by atoms with E-state index in [4.69, 9.17) is 26.5 Å². The highest BCUT2D eigenvalue weighted by atomic mass is 35.5. The smallest absolute Gasteiger partial charge is 0.289 e. The fourth-order valence-electron chi connectivity index (χ4n) is 2.77. The standard InChI is InChI=1S/C18H18ClN3O5/c19-12-3-4-14(13(10-12)17(20)24)27-11-16(23)21-5-7-22(8-6-21)18(25)15-2-1-9-26-15/h1-4,9-10H,5-8,11H2,(H2,20,24). The maximum absolute atomic E-state index is 12.4. The maximum atomic E-state index is 12.4. The molecule has 3 amide bonds. The molecule has 0 bridgehead atoms. The van der Waals surface area contributed by atoms with E-state index in [1.54, 1.807) is 28.0 Å². The third kappa shape index (κ3) is 4.40. The zero-order chi connectivity index (χ0) is 19.4. The minimum absolute atomic E-state index is 0.115. The molecule has 0 saturated carbocycles. The molecule has 2 heterocycles. The van der Waals surface area contributed by atoms with E-state index >= 15 is 0 Å². The fraction of sp³-hybridized carbons (Fsp3) is 0.278. The number of primary amides is 1. The first-order valence-corrected chi connectivity index (χ1v) is 8.66. The van der Waals surface area contributed by atoms with Crippen molar-refractivity contribution in [2.45, 2.75) is 0 Å². The number of benzene rings is 1. The van der Waals surface area contributed by atoms with Gasteiger partial charge in [0, 0.05) is 31.2 Å². The Bertz CT molecular complexity index is 845. The highest BCUT2D eigenvalue weighted by molar-refractivity contribution is 6.31. The van der Waals surface area contributed by atoms with Crippen molar-refractivity contribution in [1.82, 2.24) is 9.80 Å². The molecule has 0 unspecified atom stereocenters. The van der Waals surface area contributed by atoms with Crippen LogP contribution >= 0.6 is 11.6 Å². The van der Waals surface area contributed by atoms with Gasteiger partial charge in [0.15, 0.2) is 12.4 Å². The first kappa shape index (κ1) is 18.8. The number of nitrogens with zero attached hydrogens (tertiary/aromatic N) is 2. The molecule has 1 fully saturated rings. The third-order valence-corrected chi connectivity index (χ3v) is 4.44. The van der Waals surface area contributed by atoms with Gasteiger partial charge in [0.1, 0.15) is 5.75 Å². The second-order valence-electron chi connectivity index (χ2n) is 5.94. The van der Waals surface area contributed by atoms with Gasteiger partial charge in [-0.25, -0.2) is 0 Å². The van der Waals surface area contributed by atoms with Gasteiger partial charge >= 0.3 is 0 Å². The molecule has 2 N–H and O–H groups in total. The van der Waals surface area contributed by atoms with E-state index in [0.29, 0.717) is 31.2 Å². The molecule has 8 nitrogen and oxygen atoms in total. The van der Waals surface area contributed by atoms with Crippen LogP contribution in [0.4, 0.5) is 0 Å². The summed E-state index contributed by atoms with van der Waals surface area (Å²) in [5, 5.41) is 0.347. The predicted molar refractivity (Wildman–Crippen MR) is 96.7 cm³/mol. The molecule has 9 heteroatoms. The lowest BCUT2D eigenvalue weighted by molar-refractivity contribution is -0.134. The zero-order valence-electron chi connectivity index (χ0n) is 14.4. The molecule has 0 spiro atoms. The van der Waals surface area contributed by atoms with E-state index in [9.17, 15) is 14.4 Å². The van der Waals surface area contributed by atoms with Gasteiger partial charge < -0.3 is 24.7 Å². The number of rotatable bonds is 5. The lowest BCUT2D eigenvalue weighted by atomic mass is 10.2. The molecule has 0 atom stereocenters. The number of carbonyl (C=O) groups is 3. The predicted octanol–water partition coefficient (Wildman–Crippen LogP) is 1.40. The molecular weight excluding hydrogens is 374 g/mol. The summed E-state index contributed by atoms with van der Waals surface area (Å²) >= 11 is 5.84. The highest BCUT2D eigenvalue weighted by Crippen LogP contribution is 2.22. The van der Waals surface area contributed by atoms with Crippen molar-refractivity contribution >= 4 is 29.3 Å². The number of furan rings is 1. The number of nitrogens with two attached hydrogens (primary N) is 1. The number of carbonyl (C=O) groups excluding carboxylic acids is 3. The Morgan fingerprint density at radius 1 is 1.11 bits per heavy atom. The summed E-state index contributed by atoms with van der Waals surface area (Å²) in [7, 11) is 0. The van der Waals surface area contributed by atoms with Gasteiger partial charge in [-0.2, -0.15) is 0 Å². The van der Waals surface area contributed by atoms with E-state index < -0.39 is 5.91 Å². The normalized spacial score (nSPS) is 14.1. The maximum Gasteiger partial charge on any atom is 0.289 e. The van der Waals surface area contributed by atoms with Gasteiger partial charge in [0.05, 0.1) is 11.8 Å². The van der Waals surface area contributed by atoms with Crippen LogP contribution in [0.15, 0.2) is 41.0 Å². The van der Waals surface area contributed by atoms with E-state index in [1.165, 1.54) is 18.4 Å². The molecule has 27 heavy (non-hydrogen) atoms. The summed E-state index contributed by atoms with van der Waals surface area (Å²) in [5.74, 6) is -0.655. The van der Waals surface area contributed by atoms with Gasteiger partial charge in [0.2, 0.25) is 0 Å². The number of piperazine rings is 1. The van der Waals surface area contributed by atoms with Crippen molar-refractivity contribution < 1.29 is 23.5 Å². The minimum atomic E-state index is -0.690. The van der Waals surface area contributed by atoms with Gasteiger partial charge in [0.25, 0.3) is 17.7 Å². The summed E-state index contributed by atoms with van der Waals surface area (Å²) < 4.78 is 10.6. The average molecular weight is 392 g/mol. The summed E-state index contributed by atoms with van der Waals surface area (Å²) in [6.45, 7) is 1.33. The molecule has 1 aromatic heterocycles. The van der Waals surface area contributed by atoms with Crippen LogP contribution in [0.2, 0.25) is 5.02 Å². The summed E-state index contributed by atoms with van der Waals surface area (Å²) in [5.41, 5.74) is 5.41. The van der Waals surface area contributed by atoms with Crippen molar-refractivity contribution in [3.63, 3.8) is 0 Å². The highest BCUT2D eigenvalue weighted by Gasteiger charge is 2.26. The molecule has 0 radical (unpaired) electrons. The van der Waals surface area contributed by atoms with E-state index in [2.05, 4.69) is 0 Å². The Kier molecular flexibility index (Phi) is 5.66. The van der Waals surface area contributed by atoms with E-state index in [-0.39, 0.29) is 35.5 Å². The van der Waals surface area contributed by atoms with Crippen molar-refractivity contribution in [1.29, 1.82) is 0 Å².